The summed E-state index contributed by atoms with van der Waals surface area (Å²) in [6, 6.07) is 5.25. The minimum absolute atomic E-state index is 0.0408. The third-order valence-electron chi connectivity index (χ3n) is 2.51. The summed E-state index contributed by atoms with van der Waals surface area (Å²) in [7, 11) is -3.30. The van der Waals surface area contributed by atoms with Crippen molar-refractivity contribution in [2.45, 2.75) is 27.2 Å². The molecule has 5 heteroatoms. The molecular formula is C15H21NO3S. The number of aliphatic hydroxyl groups excluding tert-OH is 1. The fraction of sp³-hybridized carbons (Fsp3) is 0.467. The van der Waals surface area contributed by atoms with E-state index in [1.807, 2.05) is 20.8 Å². The number of nitrogens with one attached hydrogen (secondary N) is 1. The molecule has 0 aliphatic carbocycles. The van der Waals surface area contributed by atoms with E-state index in [9.17, 15) is 8.42 Å². The van der Waals surface area contributed by atoms with E-state index in [2.05, 4.69) is 16.6 Å². The number of sulfonamides is 1. The maximum atomic E-state index is 11.9. The largest absolute Gasteiger partial charge is 0.395 e. The van der Waals surface area contributed by atoms with Crippen molar-refractivity contribution in [3.8, 4) is 11.8 Å². The smallest absolute Gasteiger partial charge is 0.232 e. The summed E-state index contributed by atoms with van der Waals surface area (Å²) < 4.78 is 26.3. The van der Waals surface area contributed by atoms with Crippen molar-refractivity contribution in [1.29, 1.82) is 0 Å². The first-order valence-corrected chi connectivity index (χ1v) is 8.20. The van der Waals surface area contributed by atoms with Crippen LogP contribution >= 0.6 is 0 Å². The van der Waals surface area contributed by atoms with Gasteiger partial charge >= 0.3 is 0 Å². The predicted octanol–water partition coefficient (Wildman–Crippen LogP) is 2.13. The highest BCUT2D eigenvalue weighted by molar-refractivity contribution is 7.92. The summed E-state index contributed by atoms with van der Waals surface area (Å²) >= 11 is 0. The molecule has 1 rings (SSSR count). The van der Waals surface area contributed by atoms with Crippen LogP contribution in [0.15, 0.2) is 18.2 Å². The summed E-state index contributed by atoms with van der Waals surface area (Å²) in [6.45, 7) is 5.65. The van der Waals surface area contributed by atoms with Gasteiger partial charge in [-0.05, 0) is 36.6 Å². The molecule has 1 aromatic carbocycles. The van der Waals surface area contributed by atoms with Gasteiger partial charge in [0.05, 0.1) is 12.4 Å². The Kier molecular flexibility index (Phi) is 6.05. The van der Waals surface area contributed by atoms with Crippen molar-refractivity contribution in [2.75, 3.05) is 17.1 Å². The van der Waals surface area contributed by atoms with Crippen molar-refractivity contribution in [1.82, 2.24) is 0 Å². The monoisotopic (exact) mass is 295 g/mol. The van der Waals surface area contributed by atoms with Gasteiger partial charge in [0, 0.05) is 17.7 Å². The van der Waals surface area contributed by atoms with Gasteiger partial charge in [-0.1, -0.05) is 25.7 Å². The molecule has 0 saturated heterocycles. The highest BCUT2D eigenvalue weighted by Crippen LogP contribution is 2.16. The van der Waals surface area contributed by atoms with Crippen molar-refractivity contribution < 1.29 is 13.5 Å². The van der Waals surface area contributed by atoms with Gasteiger partial charge in [0.15, 0.2) is 0 Å². The van der Waals surface area contributed by atoms with E-state index < -0.39 is 10.0 Å². The average molecular weight is 295 g/mol. The molecule has 0 unspecified atom stereocenters. The van der Waals surface area contributed by atoms with E-state index in [4.69, 9.17) is 5.11 Å². The summed E-state index contributed by atoms with van der Waals surface area (Å²) in [5.41, 5.74) is 2.29. The van der Waals surface area contributed by atoms with Crippen LogP contribution in [0.5, 0.6) is 0 Å². The summed E-state index contributed by atoms with van der Waals surface area (Å²) in [5, 5.41) is 8.68. The van der Waals surface area contributed by atoms with Gasteiger partial charge in [0.2, 0.25) is 10.0 Å². The molecule has 0 fully saturated rings. The number of aliphatic hydroxyl groups is 1. The molecule has 4 nitrogen and oxygen atoms in total. The maximum Gasteiger partial charge on any atom is 0.232 e. The highest BCUT2D eigenvalue weighted by atomic mass is 32.2. The molecule has 0 spiro atoms. The minimum atomic E-state index is -3.30. The zero-order valence-electron chi connectivity index (χ0n) is 12.1. The van der Waals surface area contributed by atoms with E-state index in [-0.39, 0.29) is 18.3 Å². The summed E-state index contributed by atoms with van der Waals surface area (Å²) in [5.74, 6) is 5.98. The Morgan fingerprint density at radius 3 is 2.60 bits per heavy atom. The number of rotatable bonds is 5. The van der Waals surface area contributed by atoms with Gasteiger partial charge in [-0.15, -0.1) is 0 Å². The van der Waals surface area contributed by atoms with Crippen LogP contribution < -0.4 is 4.72 Å². The zero-order chi connectivity index (χ0) is 15.2. The second kappa shape index (κ2) is 7.32. The molecule has 110 valence electrons. The van der Waals surface area contributed by atoms with Crippen molar-refractivity contribution >= 4 is 15.7 Å². The quantitative estimate of drug-likeness (QED) is 0.818. The van der Waals surface area contributed by atoms with Gasteiger partial charge in [0.25, 0.3) is 0 Å². The molecule has 2 N–H and O–H groups in total. The number of hydrogen-bond acceptors (Lipinski definition) is 3. The molecule has 0 aromatic heterocycles. The van der Waals surface area contributed by atoms with Crippen LogP contribution in [-0.2, 0) is 10.0 Å². The maximum absolute atomic E-state index is 11.9. The number of aryl methyl sites for hydroxylation is 1. The Hall–Kier alpha value is -1.51. The van der Waals surface area contributed by atoms with Crippen LogP contribution in [0.1, 0.15) is 31.4 Å². The first-order valence-electron chi connectivity index (χ1n) is 6.55. The molecule has 1 aromatic rings. The van der Waals surface area contributed by atoms with Gasteiger partial charge < -0.3 is 5.11 Å². The second-order valence-corrected chi connectivity index (χ2v) is 6.85. The van der Waals surface area contributed by atoms with Crippen molar-refractivity contribution in [3.63, 3.8) is 0 Å². The number of benzene rings is 1. The molecule has 0 aliphatic heterocycles. The molecule has 0 bridgehead atoms. The highest BCUT2D eigenvalue weighted by Gasteiger charge is 2.13. The average Bonchev–Trinajstić information content (AvgIpc) is 2.29. The number of hydrogen-bond donors (Lipinski definition) is 2. The minimum Gasteiger partial charge on any atom is -0.395 e. The fourth-order valence-electron chi connectivity index (χ4n) is 1.74. The summed E-state index contributed by atoms with van der Waals surface area (Å²) in [4.78, 5) is 0. The van der Waals surface area contributed by atoms with Gasteiger partial charge in [-0.2, -0.15) is 0 Å². The Morgan fingerprint density at radius 2 is 2.05 bits per heavy atom. The Morgan fingerprint density at radius 1 is 1.35 bits per heavy atom. The predicted molar refractivity (Wildman–Crippen MR) is 82.0 cm³/mol. The van der Waals surface area contributed by atoms with E-state index in [1.54, 1.807) is 18.2 Å². The third kappa shape index (κ3) is 5.64. The third-order valence-corrected chi connectivity index (χ3v) is 4.16. The van der Waals surface area contributed by atoms with Crippen molar-refractivity contribution in [3.05, 3.63) is 29.3 Å². The lowest BCUT2D eigenvalue weighted by atomic mass is 10.1. The molecule has 0 aliphatic rings. The van der Waals surface area contributed by atoms with Crippen LogP contribution in [-0.4, -0.2) is 25.9 Å². The molecule has 0 saturated carbocycles. The van der Waals surface area contributed by atoms with Gasteiger partial charge in [-0.3, -0.25) is 4.72 Å². The Bertz CT molecular complexity index is 610. The number of anilines is 1. The molecule has 0 radical (unpaired) electrons. The SMILES string of the molecule is Cc1cc(NS(=O)(=O)CC(C)C)ccc1C#CCCO. The van der Waals surface area contributed by atoms with E-state index in [1.165, 1.54) is 0 Å². The first kappa shape index (κ1) is 16.5. The van der Waals surface area contributed by atoms with Crippen LogP contribution in [0.25, 0.3) is 0 Å². The fourth-order valence-corrected chi connectivity index (χ4v) is 3.19. The van der Waals surface area contributed by atoms with E-state index in [0.29, 0.717) is 12.1 Å². The van der Waals surface area contributed by atoms with Crippen LogP contribution in [0.2, 0.25) is 0 Å². The van der Waals surface area contributed by atoms with Crippen molar-refractivity contribution in [2.24, 2.45) is 5.92 Å². The Labute approximate surface area is 121 Å². The van der Waals surface area contributed by atoms with Crippen LogP contribution in [0, 0.1) is 24.7 Å². The lowest BCUT2D eigenvalue weighted by Gasteiger charge is -2.11. The normalized spacial score (nSPS) is 11.1. The standard InChI is InChI=1S/C15H21NO3S/c1-12(2)11-20(18,19)16-15-8-7-14(13(3)10-15)6-4-5-9-17/h7-8,10,12,16-17H,5,9,11H2,1-3H3. The topological polar surface area (TPSA) is 66.4 Å². The summed E-state index contributed by atoms with van der Waals surface area (Å²) in [6.07, 6.45) is 0.433. The van der Waals surface area contributed by atoms with Gasteiger partial charge in [0.1, 0.15) is 0 Å². The van der Waals surface area contributed by atoms with Gasteiger partial charge in [-0.25, -0.2) is 8.42 Å². The molecular weight excluding hydrogens is 274 g/mol. The molecule has 0 atom stereocenters. The lowest BCUT2D eigenvalue weighted by Crippen LogP contribution is -2.20. The first-order chi connectivity index (χ1) is 9.34. The zero-order valence-corrected chi connectivity index (χ0v) is 12.9. The van der Waals surface area contributed by atoms with Crippen LogP contribution in [0.4, 0.5) is 5.69 Å². The van der Waals surface area contributed by atoms with Crippen LogP contribution in [0.3, 0.4) is 0 Å². The Balaban J connectivity index is 2.86. The van der Waals surface area contributed by atoms with E-state index in [0.717, 1.165) is 11.1 Å². The molecule has 20 heavy (non-hydrogen) atoms. The molecule has 0 amide bonds. The second-order valence-electron chi connectivity index (χ2n) is 5.08. The molecule has 0 heterocycles. The van der Waals surface area contributed by atoms with E-state index >= 15 is 0 Å². The lowest BCUT2D eigenvalue weighted by molar-refractivity contribution is 0.305.